The number of nitrogens with one attached hydrogen (secondary N) is 1. The van der Waals surface area contributed by atoms with E-state index in [1.165, 1.54) is 11.0 Å². The van der Waals surface area contributed by atoms with E-state index in [9.17, 15) is 22.8 Å². The Hall–Kier alpha value is -3.03. The summed E-state index contributed by atoms with van der Waals surface area (Å²) in [5.74, 6) is -0.503. The van der Waals surface area contributed by atoms with Crippen LogP contribution in [0.5, 0.6) is 0 Å². The zero-order valence-corrected chi connectivity index (χ0v) is 14.5. The SMILES string of the molecule is C[C@@H](c1ccccc1)N1C(=O)[C@H](NC(N)=O)Cc2ccc(C(F)(F)F)cc21. The van der Waals surface area contributed by atoms with Gasteiger partial charge in [-0.3, -0.25) is 4.79 Å². The summed E-state index contributed by atoms with van der Waals surface area (Å²) in [5.41, 5.74) is 5.80. The molecule has 0 spiro atoms. The normalized spacial score (nSPS) is 18.0. The molecule has 0 aliphatic carbocycles. The highest BCUT2D eigenvalue weighted by molar-refractivity contribution is 6.02. The third kappa shape index (κ3) is 3.74. The number of carbonyl (C=O) groups is 2. The first-order valence-electron chi connectivity index (χ1n) is 8.32. The first-order valence-corrected chi connectivity index (χ1v) is 8.32. The fourth-order valence-electron chi connectivity index (χ4n) is 3.30. The fraction of sp³-hybridized carbons (Fsp3) is 0.263. The van der Waals surface area contributed by atoms with Gasteiger partial charge >= 0.3 is 12.2 Å². The van der Waals surface area contributed by atoms with E-state index in [1.807, 2.05) is 0 Å². The molecule has 3 amide bonds. The number of carbonyl (C=O) groups excluding carboxylic acids is 2. The molecule has 8 heteroatoms. The minimum Gasteiger partial charge on any atom is -0.352 e. The lowest BCUT2D eigenvalue weighted by Gasteiger charge is -2.38. The van der Waals surface area contributed by atoms with Gasteiger partial charge in [0.25, 0.3) is 5.91 Å². The predicted octanol–water partition coefficient (Wildman–Crippen LogP) is 3.39. The largest absolute Gasteiger partial charge is 0.416 e. The van der Waals surface area contributed by atoms with E-state index in [1.54, 1.807) is 37.3 Å². The number of urea groups is 1. The van der Waals surface area contributed by atoms with Crippen molar-refractivity contribution in [2.45, 2.75) is 31.6 Å². The molecule has 0 bridgehead atoms. The minimum atomic E-state index is -4.53. The molecule has 2 aromatic rings. The Morgan fingerprint density at radius 3 is 2.48 bits per heavy atom. The Morgan fingerprint density at radius 2 is 1.89 bits per heavy atom. The number of amides is 3. The number of nitrogens with two attached hydrogens (primary N) is 1. The van der Waals surface area contributed by atoms with Gasteiger partial charge in [-0.25, -0.2) is 4.79 Å². The van der Waals surface area contributed by atoms with Gasteiger partial charge in [-0.05, 0) is 30.2 Å². The highest BCUT2D eigenvalue weighted by atomic mass is 19.4. The number of fused-ring (bicyclic) bond motifs is 1. The lowest BCUT2D eigenvalue weighted by molar-refractivity contribution is -0.137. The monoisotopic (exact) mass is 377 g/mol. The van der Waals surface area contributed by atoms with E-state index in [2.05, 4.69) is 5.32 Å². The van der Waals surface area contributed by atoms with Crippen molar-refractivity contribution in [3.63, 3.8) is 0 Å². The molecule has 1 aliphatic heterocycles. The number of alkyl halides is 3. The number of primary amides is 1. The van der Waals surface area contributed by atoms with E-state index in [0.29, 0.717) is 5.56 Å². The highest BCUT2D eigenvalue weighted by Gasteiger charge is 2.39. The summed E-state index contributed by atoms with van der Waals surface area (Å²) in [4.78, 5) is 25.5. The number of hydrogen-bond donors (Lipinski definition) is 2. The third-order valence-corrected chi connectivity index (χ3v) is 4.62. The molecule has 0 saturated carbocycles. The predicted molar refractivity (Wildman–Crippen MR) is 94.0 cm³/mol. The topological polar surface area (TPSA) is 75.4 Å². The number of halogens is 3. The van der Waals surface area contributed by atoms with Crippen LogP contribution in [0.4, 0.5) is 23.7 Å². The summed E-state index contributed by atoms with van der Waals surface area (Å²) in [6.07, 6.45) is -4.45. The third-order valence-electron chi connectivity index (χ3n) is 4.62. The van der Waals surface area contributed by atoms with Crippen LogP contribution in [0.2, 0.25) is 0 Å². The first kappa shape index (κ1) is 18.8. The Bertz CT molecular complexity index is 868. The molecule has 0 fully saturated rings. The second-order valence-corrected chi connectivity index (χ2v) is 6.40. The van der Waals surface area contributed by atoms with Crippen LogP contribution in [0.1, 0.15) is 29.7 Å². The summed E-state index contributed by atoms with van der Waals surface area (Å²) in [6.45, 7) is 1.73. The average molecular weight is 377 g/mol. The van der Waals surface area contributed by atoms with Crippen LogP contribution in [-0.2, 0) is 17.4 Å². The second-order valence-electron chi connectivity index (χ2n) is 6.40. The highest BCUT2D eigenvalue weighted by Crippen LogP contribution is 2.39. The average Bonchev–Trinajstić information content (AvgIpc) is 2.61. The number of rotatable bonds is 3. The minimum absolute atomic E-state index is 0.0766. The molecular formula is C19H18F3N3O2. The molecule has 2 atom stereocenters. The van der Waals surface area contributed by atoms with Gasteiger partial charge in [0.2, 0.25) is 0 Å². The number of benzene rings is 2. The van der Waals surface area contributed by atoms with Crippen LogP contribution in [0.15, 0.2) is 48.5 Å². The van der Waals surface area contributed by atoms with Gasteiger partial charge in [-0.1, -0.05) is 36.4 Å². The molecule has 142 valence electrons. The van der Waals surface area contributed by atoms with E-state index in [-0.39, 0.29) is 12.1 Å². The summed E-state index contributed by atoms with van der Waals surface area (Å²) in [6, 6.07) is 9.92. The Morgan fingerprint density at radius 1 is 1.22 bits per heavy atom. The van der Waals surface area contributed by atoms with Crippen molar-refractivity contribution in [1.82, 2.24) is 5.32 Å². The van der Waals surface area contributed by atoms with Crippen molar-refractivity contribution >= 4 is 17.6 Å². The lowest BCUT2D eigenvalue weighted by atomic mass is 9.92. The number of nitrogens with zero attached hydrogens (tertiary/aromatic N) is 1. The van der Waals surface area contributed by atoms with Crippen LogP contribution >= 0.6 is 0 Å². The van der Waals surface area contributed by atoms with Crippen LogP contribution in [0.25, 0.3) is 0 Å². The molecule has 0 radical (unpaired) electrons. The maximum atomic E-state index is 13.2. The zero-order chi connectivity index (χ0) is 19.8. The van der Waals surface area contributed by atoms with Gasteiger partial charge in [0.15, 0.2) is 0 Å². The van der Waals surface area contributed by atoms with Crippen LogP contribution in [0.3, 0.4) is 0 Å². The number of anilines is 1. The maximum Gasteiger partial charge on any atom is 0.416 e. The van der Waals surface area contributed by atoms with Crippen LogP contribution < -0.4 is 16.0 Å². The van der Waals surface area contributed by atoms with Gasteiger partial charge in [-0.2, -0.15) is 13.2 Å². The second kappa shape index (κ2) is 6.94. The van der Waals surface area contributed by atoms with E-state index in [0.717, 1.165) is 17.7 Å². The van der Waals surface area contributed by atoms with Crippen molar-refractivity contribution in [2.75, 3.05) is 4.90 Å². The Kier molecular flexibility index (Phi) is 4.82. The molecule has 27 heavy (non-hydrogen) atoms. The molecule has 0 saturated heterocycles. The quantitative estimate of drug-likeness (QED) is 0.860. The van der Waals surface area contributed by atoms with Crippen molar-refractivity contribution in [1.29, 1.82) is 0 Å². The van der Waals surface area contributed by atoms with Gasteiger partial charge in [0, 0.05) is 12.1 Å². The van der Waals surface area contributed by atoms with Crippen LogP contribution in [0, 0.1) is 0 Å². The summed E-state index contributed by atoms with van der Waals surface area (Å²) >= 11 is 0. The maximum absolute atomic E-state index is 13.2. The molecule has 3 rings (SSSR count). The van der Waals surface area contributed by atoms with E-state index < -0.39 is 35.8 Å². The molecule has 5 nitrogen and oxygen atoms in total. The Labute approximate surface area is 154 Å². The van der Waals surface area contributed by atoms with Gasteiger partial charge < -0.3 is 16.0 Å². The summed E-state index contributed by atoms with van der Waals surface area (Å²) in [5, 5.41) is 2.38. The molecule has 0 aromatic heterocycles. The van der Waals surface area contributed by atoms with E-state index >= 15 is 0 Å². The van der Waals surface area contributed by atoms with E-state index in [4.69, 9.17) is 5.73 Å². The van der Waals surface area contributed by atoms with Crippen molar-refractivity contribution in [3.8, 4) is 0 Å². The van der Waals surface area contributed by atoms with Gasteiger partial charge in [0.1, 0.15) is 6.04 Å². The van der Waals surface area contributed by atoms with Crippen LogP contribution in [-0.4, -0.2) is 18.0 Å². The summed E-state index contributed by atoms with van der Waals surface area (Å²) < 4.78 is 39.5. The molecule has 2 aromatic carbocycles. The summed E-state index contributed by atoms with van der Waals surface area (Å²) in [7, 11) is 0. The standard InChI is InChI=1S/C19H18F3N3O2/c1-11(12-5-3-2-4-6-12)25-16-10-14(19(20,21)22)8-7-13(16)9-15(17(25)26)24-18(23)27/h2-8,10-11,15H,9H2,1H3,(H3,23,24,27)/t11-,15+/m0/s1. The Balaban J connectivity index is 2.10. The van der Waals surface area contributed by atoms with Crippen molar-refractivity contribution < 1.29 is 22.8 Å². The first-order chi connectivity index (χ1) is 12.7. The smallest absolute Gasteiger partial charge is 0.352 e. The van der Waals surface area contributed by atoms with Crippen molar-refractivity contribution in [3.05, 3.63) is 65.2 Å². The molecular weight excluding hydrogens is 359 g/mol. The number of hydrogen-bond acceptors (Lipinski definition) is 2. The molecule has 1 heterocycles. The van der Waals surface area contributed by atoms with Gasteiger partial charge in [-0.15, -0.1) is 0 Å². The molecule has 1 aliphatic rings. The lowest BCUT2D eigenvalue weighted by Crippen LogP contribution is -2.54. The van der Waals surface area contributed by atoms with Crippen molar-refractivity contribution in [2.24, 2.45) is 5.73 Å². The van der Waals surface area contributed by atoms with Gasteiger partial charge in [0.05, 0.1) is 11.6 Å². The zero-order valence-electron chi connectivity index (χ0n) is 14.5. The molecule has 0 unspecified atom stereocenters. The fourth-order valence-corrected chi connectivity index (χ4v) is 3.30. The molecule has 3 N–H and O–H groups in total.